The number of ether oxygens (including phenoxy) is 1. The van der Waals surface area contributed by atoms with E-state index in [1.807, 2.05) is 31.2 Å². The lowest BCUT2D eigenvalue weighted by atomic mass is 9.85. The number of hydrogen-bond donors (Lipinski definition) is 3. The van der Waals surface area contributed by atoms with Crippen molar-refractivity contribution in [3.05, 3.63) is 41.0 Å². The third kappa shape index (κ3) is 9.27. The SMILES string of the molecule is Cc1ncsc1-c1ccc(C=NCC(=O)C2CC(O)CN2C(=O)[C@@H](NC(=O)CCOCCC(=O)O)C(C)(C)C)cc1. The first-order chi connectivity index (χ1) is 19.4. The number of aliphatic hydroxyl groups excluding tert-OH is 1. The smallest absolute Gasteiger partial charge is 0.305 e. The molecule has 3 rings (SSSR count). The average Bonchev–Trinajstić information content (AvgIpc) is 3.51. The van der Waals surface area contributed by atoms with Crippen molar-refractivity contribution in [3.63, 3.8) is 0 Å². The molecule has 2 unspecified atom stereocenters. The van der Waals surface area contributed by atoms with Gasteiger partial charge in [-0.3, -0.25) is 24.2 Å². The number of rotatable bonds is 13. The Labute approximate surface area is 243 Å². The highest BCUT2D eigenvalue weighted by Gasteiger charge is 2.44. The molecule has 0 aliphatic carbocycles. The minimum absolute atomic E-state index is 0.0132. The van der Waals surface area contributed by atoms with Crippen molar-refractivity contribution in [1.29, 1.82) is 0 Å². The molecule has 0 radical (unpaired) electrons. The largest absolute Gasteiger partial charge is 0.481 e. The zero-order chi connectivity index (χ0) is 30.2. The summed E-state index contributed by atoms with van der Waals surface area (Å²) in [4.78, 5) is 60.9. The number of carboxylic acid groups (broad SMARTS) is 1. The van der Waals surface area contributed by atoms with Crippen molar-refractivity contribution in [3.8, 4) is 10.4 Å². The molecule has 0 saturated carbocycles. The quantitative estimate of drug-likeness (QED) is 0.239. The molecule has 2 heterocycles. The van der Waals surface area contributed by atoms with E-state index in [-0.39, 0.29) is 51.3 Å². The molecule has 3 atom stereocenters. The van der Waals surface area contributed by atoms with Gasteiger partial charge in [-0.25, -0.2) is 4.98 Å². The van der Waals surface area contributed by atoms with Crippen LogP contribution in [0.3, 0.4) is 0 Å². The lowest BCUT2D eigenvalue weighted by Gasteiger charge is -2.35. The van der Waals surface area contributed by atoms with Crippen LogP contribution < -0.4 is 5.32 Å². The molecule has 2 aromatic rings. The second kappa shape index (κ2) is 14.4. The van der Waals surface area contributed by atoms with Crippen molar-refractivity contribution in [2.75, 3.05) is 26.3 Å². The van der Waals surface area contributed by atoms with E-state index in [0.717, 1.165) is 21.7 Å². The first kappa shape index (κ1) is 32.0. The molecule has 1 aliphatic heterocycles. The number of aromatic nitrogens is 1. The number of aliphatic hydroxyl groups is 1. The van der Waals surface area contributed by atoms with Crippen molar-refractivity contribution >= 4 is 41.1 Å². The number of aliphatic carboxylic acids is 1. The van der Waals surface area contributed by atoms with Crippen LogP contribution in [0.1, 0.15) is 51.3 Å². The minimum Gasteiger partial charge on any atom is -0.481 e. The maximum absolute atomic E-state index is 13.6. The molecule has 222 valence electrons. The van der Waals surface area contributed by atoms with Gasteiger partial charge in [0.05, 0.1) is 54.4 Å². The number of aryl methyl sites for hydroxylation is 1. The van der Waals surface area contributed by atoms with Crippen molar-refractivity contribution < 1.29 is 34.1 Å². The summed E-state index contributed by atoms with van der Waals surface area (Å²) in [7, 11) is 0. The molecule has 1 aromatic carbocycles. The van der Waals surface area contributed by atoms with E-state index in [1.54, 1.807) is 43.8 Å². The molecule has 3 N–H and O–H groups in total. The number of aliphatic imine (C=N–C) groups is 1. The summed E-state index contributed by atoms with van der Waals surface area (Å²) in [5.41, 5.74) is 3.97. The van der Waals surface area contributed by atoms with Gasteiger partial charge in [-0.05, 0) is 23.5 Å². The maximum Gasteiger partial charge on any atom is 0.305 e. The Balaban J connectivity index is 1.60. The van der Waals surface area contributed by atoms with E-state index in [1.165, 1.54) is 4.90 Å². The zero-order valence-electron chi connectivity index (χ0n) is 23.8. The Hall–Kier alpha value is -3.48. The summed E-state index contributed by atoms with van der Waals surface area (Å²) >= 11 is 1.57. The van der Waals surface area contributed by atoms with E-state index in [9.17, 15) is 24.3 Å². The van der Waals surface area contributed by atoms with Crippen molar-refractivity contribution in [1.82, 2.24) is 15.2 Å². The Morgan fingerprint density at radius 1 is 1.20 bits per heavy atom. The Morgan fingerprint density at radius 2 is 1.88 bits per heavy atom. The van der Waals surface area contributed by atoms with E-state index in [4.69, 9.17) is 9.84 Å². The molecule has 11 nitrogen and oxygen atoms in total. The first-order valence-corrected chi connectivity index (χ1v) is 14.3. The normalized spacial score (nSPS) is 18.0. The average molecular weight is 587 g/mol. The fourth-order valence-corrected chi connectivity index (χ4v) is 5.29. The van der Waals surface area contributed by atoms with Crippen molar-refractivity contribution in [2.24, 2.45) is 10.4 Å². The number of carbonyl (C=O) groups is 4. The molecule has 41 heavy (non-hydrogen) atoms. The summed E-state index contributed by atoms with van der Waals surface area (Å²) in [5.74, 6) is -2.18. The van der Waals surface area contributed by atoms with Crippen LogP contribution in [0.15, 0.2) is 34.8 Å². The lowest BCUT2D eigenvalue weighted by molar-refractivity contribution is -0.143. The number of carbonyl (C=O) groups excluding carboxylic acids is 3. The predicted molar refractivity (Wildman–Crippen MR) is 155 cm³/mol. The summed E-state index contributed by atoms with van der Waals surface area (Å²) in [6, 6.07) is 5.96. The highest BCUT2D eigenvalue weighted by molar-refractivity contribution is 7.13. The predicted octanol–water partition coefficient (Wildman–Crippen LogP) is 2.48. The topological polar surface area (TPSA) is 158 Å². The van der Waals surface area contributed by atoms with Crippen molar-refractivity contribution in [2.45, 2.75) is 65.1 Å². The molecule has 2 amide bonds. The Kier molecular flexibility index (Phi) is 11.3. The molecule has 1 aliphatic rings. The number of nitrogens with zero attached hydrogens (tertiary/aromatic N) is 3. The van der Waals surface area contributed by atoms with Gasteiger partial charge in [0.15, 0.2) is 5.78 Å². The van der Waals surface area contributed by atoms with Gasteiger partial charge < -0.3 is 25.2 Å². The second-order valence-corrected chi connectivity index (χ2v) is 11.9. The number of carboxylic acids is 1. The van der Waals surface area contributed by atoms with Gasteiger partial charge in [-0.1, -0.05) is 45.0 Å². The molecule has 0 bridgehead atoms. The van der Waals surface area contributed by atoms with E-state index >= 15 is 0 Å². The summed E-state index contributed by atoms with van der Waals surface area (Å²) in [6.07, 6.45) is 0.629. The molecule has 12 heteroatoms. The number of likely N-dealkylation sites (tertiary alicyclic amines) is 1. The number of amides is 2. The summed E-state index contributed by atoms with van der Waals surface area (Å²) < 4.78 is 5.17. The second-order valence-electron chi connectivity index (χ2n) is 11.1. The van der Waals surface area contributed by atoms with Crippen LogP contribution in [0.25, 0.3) is 10.4 Å². The Bertz CT molecular complexity index is 1250. The van der Waals surface area contributed by atoms with E-state index < -0.39 is 41.4 Å². The van der Waals surface area contributed by atoms with Gasteiger partial charge in [0.25, 0.3) is 0 Å². The highest BCUT2D eigenvalue weighted by atomic mass is 32.1. The van der Waals surface area contributed by atoms with Gasteiger partial charge >= 0.3 is 5.97 Å². The van der Waals surface area contributed by atoms with Crippen LogP contribution in [-0.2, 0) is 23.9 Å². The highest BCUT2D eigenvalue weighted by Crippen LogP contribution is 2.28. The monoisotopic (exact) mass is 586 g/mol. The molecule has 1 saturated heterocycles. The van der Waals surface area contributed by atoms with Crippen LogP contribution in [0.5, 0.6) is 0 Å². The van der Waals surface area contributed by atoms with Crippen LogP contribution in [-0.4, -0.2) is 94.4 Å². The van der Waals surface area contributed by atoms with Gasteiger partial charge in [0.2, 0.25) is 11.8 Å². The fraction of sp³-hybridized carbons (Fsp3) is 0.517. The maximum atomic E-state index is 13.6. The molecular weight excluding hydrogens is 548 g/mol. The van der Waals surface area contributed by atoms with Crippen LogP contribution in [0, 0.1) is 12.3 Å². The van der Waals surface area contributed by atoms with Crippen LogP contribution in [0.4, 0.5) is 0 Å². The standard InChI is InChI=1S/C29H38N4O7S/c1-18-26(41-17-31-18)20-7-5-19(6-8-20)14-30-15-23(35)22-13-21(34)16-33(22)28(39)27(29(2,3)4)32-24(36)9-11-40-12-10-25(37)38/h5-8,14,17,21-22,27,34H,9-13,15-16H2,1-4H3,(H,32,36)(H,37,38)/t21?,22?,27-/m1/s1. The number of β-amino-alcohol motifs (C(OH)–C–C–N with tert-alkyl or cyclic N) is 1. The third-order valence-corrected chi connectivity index (χ3v) is 7.67. The van der Waals surface area contributed by atoms with Crippen LogP contribution in [0.2, 0.25) is 0 Å². The minimum atomic E-state index is -0.994. The number of benzene rings is 1. The van der Waals surface area contributed by atoms with E-state index in [0.29, 0.717) is 0 Å². The number of nitrogens with one attached hydrogen (secondary N) is 1. The number of ketones is 1. The fourth-order valence-electron chi connectivity index (χ4n) is 4.48. The van der Waals surface area contributed by atoms with Gasteiger partial charge in [-0.15, -0.1) is 11.3 Å². The summed E-state index contributed by atoms with van der Waals surface area (Å²) in [5, 5.41) is 21.7. The molecule has 1 fully saturated rings. The molecule has 0 spiro atoms. The Morgan fingerprint density at radius 3 is 2.49 bits per heavy atom. The van der Waals surface area contributed by atoms with Gasteiger partial charge in [0.1, 0.15) is 6.04 Å². The first-order valence-electron chi connectivity index (χ1n) is 13.5. The zero-order valence-corrected chi connectivity index (χ0v) is 24.6. The molecule has 1 aromatic heterocycles. The summed E-state index contributed by atoms with van der Waals surface area (Å²) in [6.45, 7) is 7.19. The third-order valence-electron chi connectivity index (χ3n) is 6.69. The lowest BCUT2D eigenvalue weighted by Crippen LogP contribution is -2.57. The molecular formula is C29H38N4O7S. The number of hydrogen-bond acceptors (Lipinski definition) is 9. The van der Waals surface area contributed by atoms with Gasteiger partial charge in [0, 0.05) is 25.6 Å². The number of thiazole rings is 1. The van der Waals surface area contributed by atoms with E-state index in [2.05, 4.69) is 15.3 Å². The van der Waals surface area contributed by atoms with Crippen LogP contribution >= 0.6 is 11.3 Å². The van der Waals surface area contributed by atoms with Gasteiger partial charge in [-0.2, -0.15) is 0 Å². The number of Topliss-reactive ketones (excluding diaryl/α,β-unsaturated/α-hetero) is 1.